The van der Waals surface area contributed by atoms with Gasteiger partial charge < -0.3 is 15.2 Å². The second-order valence-electron chi connectivity index (χ2n) is 7.12. The highest BCUT2D eigenvalue weighted by Crippen LogP contribution is 2.22. The average Bonchev–Trinajstić information content (AvgIpc) is 3.17. The molecule has 7 nitrogen and oxygen atoms in total. The van der Waals surface area contributed by atoms with Gasteiger partial charge in [-0.2, -0.15) is 0 Å². The van der Waals surface area contributed by atoms with E-state index in [0.717, 1.165) is 5.56 Å². The van der Waals surface area contributed by atoms with Crippen LogP contribution in [0.1, 0.15) is 34.7 Å². The number of carbonyl (C=O) groups excluding carboxylic acids is 2. The fraction of sp³-hybridized carbons (Fsp3) is 0.217. The highest BCUT2D eigenvalue weighted by molar-refractivity contribution is 7.99. The van der Waals surface area contributed by atoms with Gasteiger partial charge in [0.05, 0.1) is 17.5 Å². The summed E-state index contributed by atoms with van der Waals surface area (Å²) < 4.78 is 15.5. The van der Waals surface area contributed by atoms with Gasteiger partial charge in [-0.15, -0.1) is 16.8 Å². The monoisotopic (exact) mass is 453 g/mol. The molecule has 0 aliphatic heterocycles. The molecule has 0 spiro atoms. The zero-order chi connectivity index (χ0) is 23.1. The van der Waals surface area contributed by atoms with Gasteiger partial charge in [0, 0.05) is 12.1 Å². The summed E-state index contributed by atoms with van der Waals surface area (Å²) >= 11 is 1.17. The van der Waals surface area contributed by atoms with Gasteiger partial charge in [-0.1, -0.05) is 47.7 Å². The van der Waals surface area contributed by atoms with E-state index in [1.807, 2.05) is 26.0 Å². The van der Waals surface area contributed by atoms with E-state index < -0.39 is 11.9 Å². The van der Waals surface area contributed by atoms with E-state index in [4.69, 9.17) is 0 Å². The summed E-state index contributed by atoms with van der Waals surface area (Å²) in [5.41, 5.74) is 1.75. The van der Waals surface area contributed by atoms with Crippen LogP contribution in [0, 0.1) is 12.7 Å². The molecule has 2 amide bonds. The molecule has 0 unspecified atom stereocenters. The molecule has 1 atom stereocenters. The Morgan fingerprint density at radius 1 is 1.19 bits per heavy atom. The lowest BCUT2D eigenvalue weighted by atomic mass is 10.1. The van der Waals surface area contributed by atoms with Crippen molar-refractivity contribution in [2.24, 2.45) is 0 Å². The number of anilines is 1. The number of rotatable bonds is 9. The Hall–Kier alpha value is -3.46. The van der Waals surface area contributed by atoms with Crippen LogP contribution in [0.25, 0.3) is 0 Å². The van der Waals surface area contributed by atoms with E-state index in [2.05, 4.69) is 27.4 Å². The maximum Gasteiger partial charge on any atom is 0.251 e. The van der Waals surface area contributed by atoms with Gasteiger partial charge in [0.2, 0.25) is 5.91 Å². The van der Waals surface area contributed by atoms with E-state index in [1.165, 1.54) is 23.9 Å². The first kappa shape index (κ1) is 23.2. The summed E-state index contributed by atoms with van der Waals surface area (Å²) in [5.74, 6) is -0.517. The van der Waals surface area contributed by atoms with Crippen LogP contribution in [0.4, 0.5) is 10.1 Å². The fourth-order valence-electron chi connectivity index (χ4n) is 2.96. The quantitative estimate of drug-likeness (QED) is 0.376. The number of amides is 2. The van der Waals surface area contributed by atoms with Gasteiger partial charge in [0.15, 0.2) is 11.0 Å². The number of hydrogen-bond acceptors (Lipinski definition) is 5. The topological polar surface area (TPSA) is 88.9 Å². The average molecular weight is 454 g/mol. The van der Waals surface area contributed by atoms with E-state index in [-0.39, 0.29) is 23.3 Å². The van der Waals surface area contributed by atoms with E-state index in [0.29, 0.717) is 23.1 Å². The third-order valence-electron chi connectivity index (χ3n) is 4.59. The molecule has 0 radical (unpaired) electrons. The Balaban J connectivity index is 1.66. The second kappa shape index (κ2) is 10.7. The molecule has 1 heterocycles. The van der Waals surface area contributed by atoms with Crippen LogP contribution in [0.3, 0.4) is 0 Å². The molecule has 166 valence electrons. The minimum Gasteiger partial charge on any atom is -0.342 e. The number of benzene rings is 2. The molecule has 0 bridgehead atoms. The molecule has 0 aliphatic carbocycles. The largest absolute Gasteiger partial charge is 0.342 e. The first-order chi connectivity index (χ1) is 15.4. The van der Waals surface area contributed by atoms with Gasteiger partial charge in [0.25, 0.3) is 5.91 Å². The zero-order valence-corrected chi connectivity index (χ0v) is 18.7. The lowest BCUT2D eigenvalue weighted by Gasteiger charge is -2.15. The van der Waals surface area contributed by atoms with Crippen molar-refractivity contribution in [3.8, 4) is 0 Å². The number of aryl methyl sites for hydroxylation is 1. The van der Waals surface area contributed by atoms with Crippen LogP contribution < -0.4 is 10.6 Å². The third-order valence-corrected chi connectivity index (χ3v) is 5.55. The normalized spacial score (nSPS) is 11.6. The van der Waals surface area contributed by atoms with Crippen LogP contribution in [-0.2, 0) is 11.3 Å². The standard InChI is InChI=1S/C23H24FN5O2S/c1-4-13-29-21(16(3)25-22(31)17-11-9-15(2)10-12-17)27-28-23(29)32-14-20(30)26-19-8-6-5-7-18(19)24/h4-12,16H,1,13-14H2,2-3H3,(H,25,31)(H,26,30)/t16-/m0/s1. The molecule has 32 heavy (non-hydrogen) atoms. The van der Waals surface area contributed by atoms with Crippen molar-refractivity contribution < 1.29 is 14.0 Å². The van der Waals surface area contributed by atoms with E-state index >= 15 is 0 Å². The third kappa shape index (κ3) is 5.82. The number of nitrogens with zero attached hydrogens (tertiary/aromatic N) is 3. The number of hydrogen-bond donors (Lipinski definition) is 2. The summed E-state index contributed by atoms with van der Waals surface area (Å²) in [6, 6.07) is 12.8. The van der Waals surface area contributed by atoms with Crippen molar-refractivity contribution in [2.45, 2.75) is 31.6 Å². The molecule has 0 saturated heterocycles. The van der Waals surface area contributed by atoms with Crippen molar-refractivity contribution in [3.05, 3.63) is 84.0 Å². The Morgan fingerprint density at radius 2 is 1.91 bits per heavy atom. The zero-order valence-electron chi connectivity index (χ0n) is 17.8. The lowest BCUT2D eigenvalue weighted by molar-refractivity contribution is -0.113. The molecule has 9 heteroatoms. The van der Waals surface area contributed by atoms with Gasteiger partial charge in [0.1, 0.15) is 5.82 Å². The summed E-state index contributed by atoms with van der Waals surface area (Å²) in [6.07, 6.45) is 1.69. The van der Waals surface area contributed by atoms with Crippen LogP contribution in [0.15, 0.2) is 66.3 Å². The van der Waals surface area contributed by atoms with Crippen LogP contribution in [-0.4, -0.2) is 32.3 Å². The summed E-state index contributed by atoms with van der Waals surface area (Å²) in [7, 11) is 0. The summed E-state index contributed by atoms with van der Waals surface area (Å²) in [4.78, 5) is 24.8. The maximum absolute atomic E-state index is 13.7. The number of halogens is 1. The van der Waals surface area contributed by atoms with Gasteiger partial charge >= 0.3 is 0 Å². The Bertz CT molecular complexity index is 1110. The van der Waals surface area contributed by atoms with Crippen LogP contribution >= 0.6 is 11.8 Å². The maximum atomic E-state index is 13.7. The van der Waals surface area contributed by atoms with E-state index in [1.54, 1.807) is 34.9 Å². The smallest absolute Gasteiger partial charge is 0.251 e. The van der Waals surface area contributed by atoms with Crippen molar-refractivity contribution >= 4 is 29.3 Å². The van der Waals surface area contributed by atoms with E-state index in [9.17, 15) is 14.0 Å². The predicted molar refractivity (Wildman–Crippen MR) is 123 cm³/mol. The lowest BCUT2D eigenvalue weighted by Crippen LogP contribution is -2.28. The molecule has 3 rings (SSSR count). The number of allylic oxidation sites excluding steroid dienone is 1. The van der Waals surface area contributed by atoms with Crippen LogP contribution in [0.5, 0.6) is 0 Å². The molecular formula is C23H24FN5O2S. The van der Waals surface area contributed by atoms with Crippen molar-refractivity contribution in [3.63, 3.8) is 0 Å². The van der Waals surface area contributed by atoms with Crippen molar-refractivity contribution in [1.29, 1.82) is 0 Å². The molecule has 2 aromatic carbocycles. The first-order valence-electron chi connectivity index (χ1n) is 9.97. The molecule has 0 saturated carbocycles. The molecular weight excluding hydrogens is 429 g/mol. The highest BCUT2D eigenvalue weighted by Gasteiger charge is 2.20. The highest BCUT2D eigenvalue weighted by atomic mass is 32.2. The second-order valence-corrected chi connectivity index (χ2v) is 8.06. The fourth-order valence-corrected chi connectivity index (χ4v) is 3.71. The Kier molecular flexibility index (Phi) is 7.77. The minimum atomic E-state index is -0.499. The Morgan fingerprint density at radius 3 is 2.59 bits per heavy atom. The molecule has 1 aromatic heterocycles. The van der Waals surface area contributed by atoms with Crippen molar-refractivity contribution in [2.75, 3.05) is 11.1 Å². The number of thioether (sulfide) groups is 1. The van der Waals surface area contributed by atoms with Gasteiger partial charge in [-0.25, -0.2) is 4.39 Å². The number of nitrogens with one attached hydrogen (secondary N) is 2. The summed E-state index contributed by atoms with van der Waals surface area (Å²) in [6.45, 7) is 7.94. The molecule has 0 aliphatic rings. The minimum absolute atomic E-state index is 0.0215. The van der Waals surface area contributed by atoms with Crippen LogP contribution in [0.2, 0.25) is 0 Å². The van der Waals surface area contributed by atoms with Gasteiger partial charge in [-0.3, -0.25) is 9.59 Å². The Labute approximate surface area is 190 Å². The summed E-state index contributed by atoms with van der Waals surface area (Å²) in [5, 5.41) is 14.3. The first-order valence-corrected chi connectivity index (χ1v) is 11.0. The molecule has 2 N–H and O–H groups in total. The molecule has 0 fully saturated rings. The van der Waals surface area contributed by atoms with Gasteiger partial charge in [-0.05, 0) is 38.1 Å². The predicted octanol–water partition coefficient (Wildman–Crippen LogP) is 4.13. The SMILES string of the molecule is C=CCn1c(SCC(=O)Nc2ccccc2F)nnc1[C@H](C)NC(=O)c1ccc(C)cc1. The molecule has 3 aromatic rings. The number of para-hydroxylation sites is 1. The van der Waals surface area contributed by atoms with Crippen molar-refractivity contribution in [1.82, 2.24) is 20.1 Å². The number of aromatic nitrogens is 3. The number of carbonyl (C=O) groups is 2.